The van der Waals surface area contributed by atoms with Crippen LogP contribution in [-0.4, -0.2) is 56.8 Å². The second-order valence-corrected chi connectivity index (χ2v) is 7.00. The van der Waals surface area contributed by atoms with E-state index in [1.165, 1.54) is 23.1 Å². The summed E-state index contributed by atoms with van der Waals surface area (Å²) in [7, 11) is 0. The van der Waals surface area contributed by atoms with Crippen LogP contribution in [0.1, 0.15) is 23.0 Å². The number of alkyl halides is 3. The van der Waals surface area contributed by atoms with Gasteiger partial charge >= 0.3 is 6.18 Å². The summed E-state index contributed by atoms with van der Waals surface area (Å²) < 4.78 is 40.5. The van der Waals surface area contributed by atoms with Crippen LogP contribution in [0, 0.1) is 0 Å². The van der Waals surface area contributed by atoms with Crippen molar-refractivity contribution in [1.82, 2.24) is 25.4 Å². The molecule has 2 aromatic heterocycles. The standard InChI is InChI=1S/C19H18F3N5O2/c1-10-9-27(7-6-23-10)18(29)13-8-14(11-2-4-12(28)5-3-11)24-17-15(13)16(25-26-17)19(20,21)22/h2-5,8,10,23,28H,6-7,9H2,1H3,(H,24,25,26)/t10-/m0/s1. The number of pyridine rings is 1. The fraction of sp³-hybridized carbons (Fsp3) is 0.316. The van der Waals surface area contributed by atoms with Gasteiger partial charge in [-0.3, -0.25) is 9.89 Å². The van der Waals surface area contributed by atoms with Gasteiger partial charge in [-0.2, -0.15) is 18.3 Å². The number of halogens is 3. The molecule has 152 valence electrons. The van der Waals surface area contributed by atoms with Crippen LogP contribution in [0.4, 0.5) is 13.2 Å². The van der Waals surface area contributed by atoms with Crippen LogP contribution in [0.15, 0.2) is 30.3 Å². The van der Waals surface area contributed by atoms with Crippen LogP contribution in [0.5, 0.6) is 5.75 Å². The average Bonchev–Trinajstić information content (AvgIpc) is 3.12. The SMILES string of the molecule is C[C@H]1CN(C(=O)c2cc(-c3ccc(O)cc3)nc3n[nH]c(C(F)(F)F)c23)CCN1. The van der Waals surface area contributed by atoms with E-state index in [2.05, 4.69) is 15.4 Å². The number of aromatic amines is 1. The number of aromatic nitrogens is 3. The van der Waals surface area contributed by atoms with Crippen molar-refractivity contribution in [2.45, 2.75) is 19.1 Å². The van der Waals surface area contributed by atoms with E-state index in [0.717, 1.165) is 0 Å². The number of benzene rings is 1. The summed E-state index contributed by atoms with van der Waals surface area (Å²) >= 11 is 0. The summed E-state index contributed by atoms with van der Waals surface area (Å²) in [5.41, 5.74) is -0.542. The number of rotatable bonds is 2. The fourth-order valence-corrected chi connectivity index (χ4v) is 3.46. The van der Waals surface area contributed by atoms with Crippen LogP contribution in [0.2, 0.25) is 0 Å². The first-order valence-corrected chi connectivity index (χ1v) is 9.02. The first-order valence-electron chi connectivity index (χ1n) is 9.02. The smallest absolute Gasteiger partial charge is 0.433 e. The summed E-state index contributed by atoms with van der Waals surface area (Å²) in [5.74, 6) is -0.460. The first kappa shape index (κ1) is 19.2. The Morgan fingerprint density at radius 3 is 2.66 bits per heavy atom. The number of piperazine rings is 1. The van der Waals surface area contributed by atoms with Gasteiger partial charge in [0, 0.05) is 31.2 Å². The lowest BCUT2D eigenvalue weighted by molar-refractivity contribution is -0.139. The maximum absolute atomic E-state index is 13.5. The number of aromatic hydroxyl groups is 1. The van der Waals surface area contributed by atoms with Crippen molar-refractivity contribution in [2.75, 3.05) is 19.6 Å². The summed E-state index contributed by atoms with van der Waals surface area (Å²) in [5, 5.41) is 18.0. The summed E-state index contributed by atoms with van der Waals surface area (Å²) in [4.78, 5) is 18.9. The third kappa shape index (κ3) is 3.63. The Kier molecular flexibility index (Phi) is 4.65. The molecule has 1 fully saturated rings. The fourth-order valence-electron chi connectivity index (χ4n) is 3.46. The Morgan fingerprint density at radius 2 is 2.00 bits per heavy atom. The molecule has 3 aromatic rings. The van der Waals surface area contributed by atoms with Gasteiger partial charge in [0.05, 0.1) is 16.6 Å². The largest absolute Gasteiger partial charge is 0.508 e. The zero-order chi connectivity index (χ0) is 20.8. The Bertz CT molecular complexity index is 1060. The molecule has 3 N–H and O–H groups in total. The van der Waals surface area contributed by atoms with E-state index in [1.54, 1.807) is 12.1 Å². The molecule has 3 heterocycles. The number of nitrogens with one attached hydrogen (secondary N) is 2. The molecule has 1 aliphatic rings. The molecule has 1 amide bonds. The monoisotopic (exact) mass is 405 g/mol. The molecule has 1 saturated heterocycles. The summed E-state index contributed by atoms with van der Waals surface area (Å²) in [6, 6.07) is 7.41. The van der Waals surface area contributed by atoms with E-state index in [0.29, 0.717) is 30.9 Å². The van der Waals surface area contributed by atoms with Crippen molar-refractivity contribution in [2.24, 2.45) is 0 Å². The average molecular weight is 405 g/mol. The number of carbonyl (C=O) groups excluding carboxylic acids is 1. The minimum atomic E-state index is -4.71. The molecule has 0 aliphatic carbocycles. The molecule has 0 saturated carbocycles. The second-order valence-electron chi connectivity index (χ2n) is 7.00. The van der Waals surface area contributed by atoms with Gasteiger partial charge in [0.15, 0.2) is 5.65 Å². The van der Waals surface area contributed by atoms with E-state index < -0.39 is 17.8 Å². The number of phenolic OH excluding ortho intramolecular Hbond substituents is 1. The van der Waals surface area contributed by atoms with Crippen molar-refractivity contribution in [1.29, 1.82) is 0 Å². The molecule has 7 nitrogen and oxygen atoms in total. The molecule has 0 unspecified atom stereocenters. The van der Waals surface area contributed by atoms with Gasteiger partial charge in [0.1, 0.15) is 11.4 Å². The molecule has 1 aromatic carbocycles. The van der Waals surface area contributed by atoms with Crippen molar-refractivity contribution in [3.05, 3.63) is 41.6 Å². The van der Waals surface area contributed by atoms with Crippen LogP contribution >= 0.6 is 0 Å². The molecule has 0 spiro atoms. The van der Waals surface area contributed by atoms with E-state index in [1.807, 2.05) is 12.0 Å². The molecular weight excluding hydrogens is 387 g/mol. The highest BCUT2D eigenvalue weighted by atomic mass is 19.4. The van der Waals surface area contributed by atoms with Gasteiger partial charge in [-0.15, -0.1) is 0 Å². The van der Waals surface area contributed by atoms with Gasteiger partial charge in [-0.1, -0.05) is 0 Å². The Labute approximate surface area is 163 Å². The third-order valence-electron chi connectivity index (χ3n) is 4.86. The zero-order valence-corrected chi connectivity index (χ0v) is 15.4. The maximum Gasteiger partial charge on any atom is 0.433 e. The lowest BCUT2D eigenvalue weighted by atomic mass is 10.0. The van der Waals surface area contributed by atoms with Crippen molar-refractivity contribution < 1.29 is 23.1 Å². The maximum atomic E-state index is 13.5. The summed E-state index contributed by atoms with van der Waals surface area (Å²) in [6.07, 6.45) is -4.71. The number of phenols is 1. The molecule has 29 heavy (non-hydrogen) atoms. The second kappa shape index (κ2) is 7.03. The number of carbonyl (C=O) groups is 1. The first-order chi connectivity index (χ1) is 13.7. The lowest BCUT2D eigenvalue weighted by Crippen LogP contribution is -2.51. The highest BCUT2D eigenvalue weighted by Crippen LogP contribution is 2.36. The molecule has 0 radical (unpaired) electrons. The van der Waals surface area contributed by atoms with Crippen LogP contribution in [0.3, 0.4) is 0 Å². The van der Waals surface area contributed by atoms with E-state index >= 15 is 0 Å². The Balaban J connectivity index is 1.89. The van der Waals surface area contributed by atoms with Crippen molar-refractivity contribution >= 4 is 16.9 Å². The van der Waals surface area contributed by atoms with E-state index in [9.17, 15) is 23.1 Å². The van der Waals surface area contributed by atoms with Crippen molar-refractivity contribution in [3.8, 4) is 17.0 Å². The number of amides is 1. The third-order valence-corrected chi connectivity index (χ3v) is 4.86. The van der Waals surface area contributed by atoms with Crippen LogP contribution in [-0.2, 0) is 6.18 Å². The van der Waals surface area contributed by atoms with Crippen LogP contribution < -0.4 is 5.32 Å². The number of H-pyrrole nitrogens is 1. The van der Waals surface area contributed by atoms with E-state index in [4.69, 9.17) is 0 Å². The minimum Gasteiger partial charge on any atom is -0.508 e. The molecule has 10 heteroatoms. The number of fused-ring (bicyclic) bond motifs is 1. The molecular formula is C19H18F3N5O2. The molecule has 4 rings (SSSR count). The normalized spacial score (nSPS) is 17.7. The van der Waals surface area contributed by atoms with Gasteiger partial charge < -0.3 is 15.3 Å². The lowest BCUT2D eigenvalue weighted by Gasteiger charge is -2.32. The Morgan fingerprint density at radius 1 is 1.28 bits per heavy atom. The van der Waals surface area contributed by atoms with E-state index in [-0.39, 0.29) is 28.4 Å². The predicted octanol–water partition coefficient (Wildman–Crippen LogP) is 2.78. The van der Waals surface area contributed by atoms with Gasteiger partial charge in [0.25, 0.3) is 5.91 Å². The Hall–Kier alpha value is -3.14. The minimum absolute atomic E-state index is 0.0352. The number of hydrogen-bond acceptors (Lipinski definition) is 5. The topological polar surface area (TPSA) is 94.1 Å². The van der Waals surface area contributed by atoms with Gasteiger partial charge in [0.2, 0.25) is 0 Å². The van der Waals surface area contributed by atoms with Crippen molar-refractivity contribution in [3.63, 3.8) is 0 Å². The molecule has 1 atom stereocenters. The highest BCUT2D eigenvalue weighted by Gasteiger charge is 2.38. The zero-order valence-electron chi connectivity index (χ0n) is 15.4. The molecule has 1 aliphatic heterocycles. The van der Waals surface area contributed by atoms with Gasteiger partial charge in [-0.25, -0.2) is 4.98 Å². The number of nitrogens with zero attached hydrogens (tertiary/aromatic N) is 3. The predicted molar refractivity (Wildman–Crippen MR) is 99.4 cm³/mol. The molecule has 0 bridgehead atoms. The summed E-state index contributed by atoms with van der Waals surface area (Å²) in [6.45, 7) is 3.24. The number of hydrogen-bond donors (Lipinski definition) is 3. The van der Waals surface area contributed by atoms with Crippen LogP contribution in [0.25, 0.3) is 22.3 Å². The highest BCUT2D eigenvalue weighted by molar-refractivity contribution is 6.07. The van der Waals surface area contributed by atoms with Gasteiger partial charge in [-0.05, 0) is 37.3 Å². The quantitative estimate of drug-likeness (QED) is 0.610.